The van der Waals surface area contributed by atoms with Crippen molar-refractivity contribution in [3.63, 3.8) is 0 Å². The normalized spacial score (nSPS) is 17.1. The van der Waals surface area contributed by atoms with Gasteiger partial charge in [0.15, 0.2) is 0 Å². The SMILES string of the molecule is Cc1ccc(Cl)c(N=C(N)C2CC2)c1. The smallest absolute Gasteiger partial charge is 0.103 e. The van der Waals surface area contributed by atoms with Crippen LogP contribution in [0.4, 0.5) is 5.69 Å². The number of halogens is 1. The zero-order valence-electron chi connectivity index (χ0n) is 8.13. The molecule has 1 aromatic rings. The molecular weight excluding hydrogens is 196 g/mol. The summed E-state index contributed by atoms with van der Waals surface area (Å²) in [5.41, 5.74) is 7.76. The van der Waals surface area contributed by atoms with Crippen LogP contribution in [0.2, 0.25) is 5.02 Å². The number of rotatable bonds is 2. The van der Waals surface area contributed by atoms with Gasteiger partial charge in [0.05, 0.1) is 10.7 Å². The molecule has 0 heterocycles. The molecule has 14 heavy (non-hydrogen) atoms. The second-order valence-electron chi connectivity index (χ2n) is 3.77. The summed E-state index contributed by atoms with van der Waals surface area (Å²) in [7, 11) is 0. The highest BCUT2D eigenvalue weighted by Gasteiger charge is 2.25. The predicted octanol–water partition coefficient (Wildman–Crippen LogP) is 3.05. The minimum atomic E-state index is 0.492. The van der Waals surface area contributed by atoms with Crippen LogP contribution in [0.25, 0.3) is 0 Å². The highest BCUT2D eigenvalue weighted by Crippen LogP contribution is 2.32. The molecular formula is C11H13ClN2. The largest absolute Gasteiger partial charge is 0.387 e. The Labute approximate surface area is 88.8 Å². The van der Waals surface area contributed by atoms with Gasteiger partial charge in [-0.1, -0.05) is 17.7 Å². The average molecular weight is 209 g/mol. The van der Waals surface area contributed by atoms with Gasteiger partial charge in [-0.3, -0.25) is 0 Å². The lowest BCUT2D eigenvalue weighted by atomic mass is 10.2. The molecule has 1 aliphatic rings. The minimum absolute atomic E-state index is 0.492. The van der Waals surface area contributed by atoms with Gasteiger partial charge >= 0.3 is 0 Å². The van der Waals surface area contributed by atoms with E-state index in [9.17, 15) is 0 Å². The number of amidine groups is 1. The maximum absolute atomic E-state index is 6.00. The number of aliphatic imine (C=N–C) groups is 1. The maximum Gasteiger partial charge on any atom is 0.103 e. The van der Waals surface area contributed by atoms with Gasteiger partial charge in [-0.25, -0.2) is 4.99 Å². The Morgan fingerprint density at radius 1 is 1.50 bits per heavy atom. The summed E-state index contributed by atoms with van der Waals surface area (Å²) in [5, 5.41) is 0.666. The zero-order chi connectivity index (χ0) is 10.1. The first-order valence-corrected chi connectivity index (χ1v) is 5.15. The van der Waals surface area contributed by atoms with E-state index in [1.54, 1.807) is 0 Å². The van der Waals surface area contributed by atoms with Crippen LogP contribution in [0.15, 0.2) is 23.2 Å². The number of hydrogen-bond acceptors (Lipinski definition) is 1. The first kappa shape index (κ1) is 9.53. The van der Waals surface area contributed by atoms with Crippen molar-refractivity contribution in [1.29, 1.82) is 0 Å². The molecule has 1 fully saturated rings. The van der Waals surface area contributed by atoms with E-state index in [0.29, 0.717) is 10.9 Å². The summed E-state index contributed by atoms with van der Waals surface area (Å²) in [4.78, 5) is 4.34. The fourth-order valence-electron chi connectivity index (χ4n) is 1.32. The van der Waals surface area contributed by atoms with Gasteiger partial charge in [-0.05, 0) is 37.5 Å². The topological polar surface area (TPSA) is 38.4 Å². The van der Waals surface area contributed by atoms with Crippen molar-refractivity contribution in [2.45, 2.75) is 19.8 Å². The molecule has 1 aliphatic carbocycles. The van der Waals surface area contributed by atoms with Gasteiger partial charge in [0.2, 0.25) is 0 Å². The van der Waals surface area contributed by atoms with Crippen molar-refractivity contribution < 1.29 is 0 Å². The lowest BCUT2D eigenvalue weighted by Gasteiger charge is -2.01. The standard InChI is InChI=1S/C11H13ClN2/c1-7-2-5-9(12)10(6-7)14-11(13)8-3-4-8/h2,5-6,8H,3-4H2,1H3,(H2,13,14). The molecule has 1 aromatic carbocycles. The Morgan fingerprint density at radius 3 is 2.86 bits per heavy atom. The molecule has 0 atom stereocenters. The molecule has 74 valence electrons. The summed E-state index contributed by atoms with van der Waals surface area (Å²) < 4.78 is 0. The van der Waals surface area contributed by atoms with E-state index < -0.39 is 0 Å². The fraction of sp³-hybridized carbons (Fsp3) is 0.364. The third-order valence-electron chi connectivity index (χ3n) is 2.35. The lowest BCUT2D eigenvalue weighted by Crippen LogP contribution is -2.13. The van der Waals surface area contributed by atoms with Crippen molar-refractivity contribution in [2.75, 3.05) is 0 Å². The molecule has 2 N–H and O–H groups in total. The third-order valence-corrected chi connectivity index (χ3v) is 2.67. The molecule has 0 bridgehead atoms. The maximum atomic E-state index is 6.00. The van der Waals surface area contributed by atoms with E-state index in [4.69, 9.17) is 17.3 Å². The summed E-state index contributed by atoms with van der Waals surface area (Å²) in [5.74, 6) is 1.21. The Hall–Kier alpha value is -1.02. The van der Waals surface area contributed by atoms with Crippen molar-refractivity contribution in [2.24, 2.45) is 16.6 Å². The Bertz CT molecular complexity index is 381. The highest BCUT2D eigenvalue weighted by molar-refractivity contribution is 6.33. The van der Waals surface area contributed by atoms with Crippen LogP contribution in [-0.4, -0.2) is 5.84 Å². The van der Waals surface area contributed by atoms with Gasteiger partial charge in [0.25, 0.3) is 0 Å². The molecule has 0 aliphatic heterocycles. The van der Waals surface area contributed by atoms with Crippen LogP contribution in [0.5, 0.6) is 0 Å². The van der Waals surface area contributed by atoms with E-state index in [2.05, 4.69) is 4.99 Å². The first-order chi connectivity index (χ1) is 6.66. The minimum Gasteiger partial charge on any atom is -0.387 e. The number of aryl methyl sites for hydroxylation is 1. The van der Waals surface area contributed by atoms with E-state index >= 15 is 0 Å². The second kappa shape index (κ2) is 3.62. The summed E-state index contributed by atoms with van der Waals surface area (Å²) >= 11 is 6.00. The summed E-state index contributed by atoms with van der Waals surface area (Å²) in [6.07, 6.45) is 2.33. The van der Waals surface area contributed by atoms with E-state index in [-0.39, 0.29) is 0 Å². The molecule has 0 unspecified atom stereocenters. The monoisotopic (exact) mass is 208 g/mol. The number of benzene rings is 1. The summed E-state index contributed by atoms with van der Waals surface area (Å²) in [6, 6.07) is 5.78. The molecule has 1 saturated carbocycles. The molecule has 0 amide bonds. The van der Waals surface area contributed by atoms with Crippen LogP contribution in [0.1, 0.15) is 18.4 Å². The average Bonchev–Trinajstić information content (AvgIpc) is 2.94. The van der Waals surface area contributed by atoms with Crippen molar-refractivity contribution in [1.82, 2.24) is 0 Å². The van der Waals surface area contributed by atoms with Gasteiger partial charge in [-0.2, -0.15) is 0 Å². The second-order valence-corrected chi connectivity index (χ2v) is 4.17. The highest BCUT2D eigenvalue weighted by atomic mass is 35.5. The lowest BCUT2D eigenvalue weighted by molar-refractivity contribution is 1.15. The zero-order valence-corrected chi connectivity index (χ0v) is 8.88. The molecule has 0 saturated heterocycles. The van der Waals surface area contributed by atoms with E-state index in [1.807, 2.05) is 25.1 Å². The van der Waals surface area contributed by atoms with Gasteiger partial charge in [-0.15, -0.1) is 0 Å². The molecule has 0 spiro atoms. The Balaban J connectivity index is 2.30. The molecule has 2 nitrogen and oxygen atoms in total. The Kier molecular flexibility index (Phi) is 2.46. The first-order valence-electron chi connectivity index (χ1n) is 4.77. The van der Waals surface area contributed by atoms with Crippen molar-refractivity contribution >= 4 is 23.1 Å². The Morgan fingerprint density at radius 2 is 2.21 bits per heavy atom. The van der Waals surface area contributed by atoms with Gasteiger partial charge in [0, 0.05) is 5.92 Å². The van der Waals surface area contributed by atoms with E-state index in [0.717, 1.165) is 17.1 Å². The van der Waals surface area contributed by atoms with Crippen LogP contribution < -0.4 is 5.73 Å². The molecule has 2 rings (SSSR count). The van der Waals surface area contributed by atoms with Crippen LogP contribution >= 0.6 is 11.6 Å². The number of hydrogen-bond donors (Lipinski definition) is 1. The molecule has 0 aromatic heterocycles. The molecule has 3 heteroatoms. The number of nitrogens with two attached hydrogens (primary N) is 1. The quantitative estimate of drug-likeness (QED) is 0.589. The van der Waals surface area contributed by atoms with Crippen molar-refractivity contribution in [3.05, 3.63) is 28.8 Å². The fourth-order valence-corrected chi connectivity index (χ4v) is 1.48. The van der Waals surface area contributed by atoms with Gasteiger partial charge in [0.1, 0.15) is 5.84 Å². The van der Waals surface area contributed by atoms with Gasteiger partial charge < -0.3 is 5.73 Å². The third kappa shape index (κ3) is 2.07. The van der Waals surface area contributed by atoms with Crippen molar-refractivity contribution in [3.8, 4) is 0 Å². The van der Waals surface area contributed by atoms with Crippen LogP contribution in [0.3, 0.4) is 0 Å². The van der Waals surface area contributed by atoms with Crippen LogP contribution in [0, 0.1) is 12.8 Å². The summed E-state index contributed by atoms with van der Waals surface area (Å²) in [6.45, 7) is 2.02. The van der Waals surface area contributed by atoms with Crippen LogP contribution in [-0.2, 0) is 0 Å². The predicted molar refractivity (Wildman–Crippen MR) is 60.2 cm³/mol. The molecule has 0 radical (unpaired) electrons. The van der Waals surface area contributed by atoms with E-state index in [1.165, 1.54) is 12.8 Å². The number of nitrogens with zero attached hydrogens (tertiary/aromatic N) is 1.